The molecule has 1 saturated heterocycles. The Labute approximate surface area is 245 Å². The second kappa shape index (κ2) is 9.09. The number of rotatable bonds is 2. The van der Waals surface area contributed by atoms with E-state index in [0.29, 0.717) is 18.4 Å². The van der Waals surface area contributed by atoms with Gasteiger partial charge in [-0.15, -0.1) is 0 Å². The molecule has 1 N–H and O–H groups in total. The normalized spacial score (nSPS) is 28.8. The third-order valence-electron chi connectivity index (χ3n) is 9.23. The maximum absolute atomic E-state index is 15.2. The first kappa shape index (κ1) is 25.1. The lowest BCUT2D eigenvalue weighted by Gasteiger charge is -2.48. The van der Waals surface area contributed by atoms with Gasteiger partial charge in [0.15, 0.2) is 11.6 Å². The van der Waals surface area contributed by atoms with Gasteiger partial charge in [-0.05, 0) is 77.4 Å². The molecule has 4 aromatic carbocycles. The van der Waals surface area contributed by atoms with Crippen LogP contribution in [0.2, 0.25) is 0 Å². The fourth-order valence-corrected chi connectivity index (χ4v) is 8.80. The monoisotopic (exact) mass is 639 g/mol. The largest absolute Gasteiger partial charge is 0.297 e. The molecule has 0 amide bonds. The van der Waals surface area contributed by atoms with Crippen LogP contribution in [0.5, 0.6) is 0 Å². The van der Waals surface area contributed by atoms with Crippen molar-refractivity contribution in [2.75, 3.05) is 0 Å². The highest BCUT2D eigenvalue weighted by atomic mass is 79.9. The summed E-state index contributed by atoms with van der Waals surface area (Å²) >= 11 is 7.47. The Balaban J connectivity index is 1.54. The third-order valence-corrected chi connectivity index (χ3v) is 10.7. The van der Waals surface area contributed by atoms with Crippen LogP contribution in [-0.4, -0.2) is 17.6 Å². The van der Waals surface area contributed by atoms with Crippen molar-refractivity contribution in [3.05, 3.63) is 122 Å². The van der Waals surface area contributed by atoms with Crippen LogP contribution in [0.25, 0.3) is 16.8 Å². The van der Waals surface area contributed by atoms with Gasteiger partial charge in [-0.2, -0.15) is 0 Å². The number of Topliss-reactive ketones (excluding diaryl/α,β-unsaturated/α-hetero) is 2. The minimum absolute atomic E-state index is 0.0196. The molecule has 1 unspecified atom stereocenters. The molecule has 194 valence electrons. The summed E-state index contributed by atoms with van der Waals surface area (Å²) in [4.78, 5) is 30.0. The molecular weight excluding hydrogens is 614 g/mol. The maximum atomic E-state index is 15.2. The molecule has 0 radical (unpaired) electrons. The van der Waals surface area contributed by atoms with Crippen molar-refractivity contribution >= 4 is 60.3 Å². The van der Waals surface area contributed by atoms with E-state index in [1.807, 2.05) is 66.7 Å². The summed E-state index contributed by atoms with van der Waals surface area (Å²) in [5, 5.41) is 5.84. The zero-order chi connectivity index (χ0) is 26.9. The molecule has 39 heavy (non-hydrogen) atoms. The van der Waals surface area contributed by atoms with Gasteiger partial charge >= 0.3 is 0 Å². The highest BCUT2D eigenvalue weighted by Crippen LogP contribution is 2.66. The molecule has 2 spiro atoms. The lowest BCUT2D eigenvalue weighted by molar-refractivity contribution is -0.130. The fraction of sp³-hybridized carbons (Fsp3) is 0.235. The highest BCUT2D eigenvalue weighted by molar-refractivity contribution is 9.10. The van der Waals surface area contributed by atoms with Crippen molar-refractivity contribution in [1.82, 2.24) is 5.32 Å². The van der Waals surface area contributed by atoms with Crippen LogP contribution < -0.4 is 5.32 Å². The third kappa shape index (κ3) is 3.30. The molecule has 0 aromatic heterocycles. The SMILES string of the molecule is CC1N[C@@]2(C(=O)c3cccc4cccc2c34)[C@@]2(CCC/C(=C\c3ccccc3Br)C2=O)[C@H]1c1ccccc1Br. The highest BCUT2D eigenvalue weighted by Gasteiger charge is 2.73. The number of fused-ring (bicyclic) bond motifs is 2. The molecule has 4 aromatic rings. The molecule has 7 rings (SSSR count). The van der Waals surface area contributed by atoms with Gasteiger partial charge in [-0.3, -0.25) is 14.9 Å². The first-order valence-corrected chi connectivity index (χ1v) is 15.1. The first-order valence-electron chi connectivity index (χ1n) is 13.5. The predicted molar refractivity (Wildman–Crippen MR) is 163 cm³/mol. The standard InChI is InChI=1S/C34H27Br2NO2/c1-20-30(24-13-3-5-17-28(24)36)33(18-8-12-23(31(33)38)19-22-9-2-4-16-27(22)35)34(37-20)26-15-7-11-21-10-6-14-25(29(21)26)32(34)39/h2-7,9-11,13-17,19-20,30,37H,8,12,18H2,1H3/b23-19+/t20?,30-,33+,34+/m1/s1. The number of nitrogens with one attached hydrogen (secondary N) is 1. The van der Waals surface area contributed by atoms with Crippen molar-refractivity contribution < 1.29 is 9.59 Å². The molecular formula is C34H27Br2NO2. The van der Waals surface area contributed by atoms with Gasteiger partial charge in [-0.25, -0.2) is 0 Å². The van der Waals surface area contributed by atoms with Crippen molar-refractivity contribution in [3.63, 3.8) is 0 Å². The molecule has 2 fully saturated rings. The summed E-state index contributed by atoms with van der Waals surface area (Å²) in [7, 11) is 0. The van der Waals surface area contributed by atoms with E-state index in [9.17, 15) is 4.79 Å². The summed E-state index contributed by atoms with van der Waals surface area (Å²) in [5.41, 5.74) is 2.37. The minimum Gasteiger partial charge on any atom is -0.297 e. The Hall–Kier alpha value is -2.86. The fourth-order valence-electron chi connectivity index (χ4n) is 7.87. The molecule has 1 saturated carbocycles. The molecule has 5 heteroatoms. The Kier molecular flexibility index (Phi) is 5.85. The van der Waals surface area contributed by atoms with Crippen LogP contribution >= 0.6 is 31.9 Å². The van der Waals surface area contributed by atoms with E-state index in [1.54, 1.807) is 0 Å². The van der Waals surface area contributed by atoms with Gasteiger partial charge < -0.3 is 0 Å². The van der Waals surface area contributed by atoms with Gasteiger partial charge in [0.1, 0.15) is 5.54 Å². The lowest BCUT2D eigenvalue weighted by Crippen LogP contribution is -2.59. The molecule has 1 heterocycles. The van der Waals surface area contributed by atoms with E-state index in [-0.39, 0.29) is 23.5 Å². The average molecular weight is 641 g/mol. The lowest BCUT2D eigenvalue weighted by atomic mass is 9.52. The average Bonchev–Trinajstić information content (AvgIpc) is 3.34. The van der Waals surface area contributed by atoms with Crippen LogP contribution in [0.1, 0.15) is 59.2 Å². The number of halogens is 2. The van der Waals surface area contributed by atoms with Crippen LogP contribution in [0.4, 0.5) is 0 Å². The van der Waals surface area contributed by atoms with Crippen LogP contribution in [-0.2, 0) is 10.3 Å². The Bertz CT molecular complexity index is 1720. The van der Waals surface area contributed by atoms with Crippen LogP contribution in [0.3, 0.4) is 0 Å². The number of allylic oxidation sites excluding steroid dienone is 1. The molecule has 0 bridgehead atoms. The number of carbonyl (C=O) groups excluding carboxylic acids is 2. The second-order valence-electron chi connectivity index (χ2n) is 11.1. The van der Waals surface area contributed by atoms with Crippen LogP contribution in [0, 0.1) is 5.41 Å². The topological polar surface area (TPSA) is 46.2 Å². The van der Waals surface area contributed by atoms with Gasteiger partial charge in [0.05, 0.1) is 5.41 Å². The minimum atomic E-state index is -1.14. The molecule has 2 aliphatic carbocycles. The zero-order valence-corrected chi connectivity index (χ0v) is 24.7. The Morgan fingerprint density at radius 3 is 2.33 bits per heavy atom. The molecule has 1 aliphatic heterocycles. The zero-order valence-electron chi connectivity index (χ0n) is 21.5. The quantitative estimate of drug-likeness (QED) is 0.224. The number of carbonyl (C=O) groups is 2. The Morgan fingerprint density at radius 1 is 0.846 bits per heavy atom. The van der Waals surface area contributed by atoms with E-state index in [4.69, 9.17) is 0 Å². The predicted octanol–water partition coefficient (Wildman–Crippen LogP) is 8.35. The summed E-state index contributed by atoms with van der Waals surface area (Å²) in [6, 6.07) is 28.2. The number of hydrogen-bond donors (Lipinski definition) is 1. The van der Waals surface area contributed by atoms with E-state index in [2.05, 4.69) is 68.4 Å². The summed E-state index contributed by atoms with van der Waals surface area (Å²) in [6.07, 6.45) is 4.20. The molecule has 4 atom stereocenters. The second-order valence-corrected chi connectivity index (χ2v) is 12.8. The van der Waals surface area contributed by atoms with Crippen molar-refractivity contribution in [2.45, 2.75) is 43.7 Å². The van der Waals surface area contributed by atoms with Crippen molar-refractivity contribution in [3.8, 4) is 0 Å². The van der Waals surface area contributed by atoms with Gasteiger partial charge in [0, 0.05) is 26.5 Å². The maximum Gasteiger partial charge on any atom is 0.189 e. The number of hydrogen-bond acceptors (Lipinski definition) is 3. The molecule has 3 aliphatic rings. The van der Waals surface area contributed by atoms with Gasteiger partial charge in [0.2, 0.25) is 0 Å². The van der Waals surface area contributed by atoms with Gasteiger partial charge in [-0.1, -0.05) is 105 Å². The van der Waals surface area contributed by atoms with E-state index in [0.717, 1.165) is 48.4 Å². The summed E-state index contributed by atoms with van der Waals surface area (Å²) < 4.78 is 1.92. The van der Waals surface area contributed by atoms with Crippen molar-refractivity contribution in [1.29, 1.82) is 0 Å². The van der Waals surface area contributed by atoms with E-state index < -0.39 is 11.0 Å². The summed E-state index contributed by atoms with van der Waals surface area (Å²) in [6.45, 7) is 2.13. The van der Waals surface area contributed by atoms with Gasteiger partial charge in [0.25, 0.3) is 0 Å². The van der Waals surface area contributed by atoms with Crippen molar-refractivity contribution in [2.24, 2.45) is 5.41 Å². The van der Waals surface area contributed by atoms with Crippen LogP contribution in [0.15, 0.2) is 99.4 Å². The number of benzene rings is 4. The smallest absolute Gasteiger partial charge is 0.189 e. The van der Waals surface area contributed by atoms with E-state index in [1.165, 1.54) is 0 Å². The molecule has 3 nitrogen and oxygen atoms in total. The van der Waals surface area contributed by atoms with E-state index >= 15 is 4.79 Å². The summed E-state index contributed by atoms with van der Waals surface area (Å²) in [5.74, 6) is -0.0940. The number of ketones is 2. The Morgan fingerprint density at radius 2 is 1.56 bits per heavy atom. The first-order chi connectivity index (χ1) is 18.9.